The van der Waals surface area contributed by atoms with E-state index in [1.165, 1.54) is 69.9 Å². The Morgan fingerprint density at radius 3 is 2.08 bits per heavy atom. The van der Waals surface area contributed by atoms with Gasteiger partial charge in [0.1, 0.15) is 6.61 Å². The van der Waals surface area contributed by atoms with E-state index in [9.17, 15) is 18.0 Å². The number of rotatable bonds is 18. The number of hydrogen-bond acceptors (Lipinski definition) is 4. The van der Waals surface area contributed by atoms with Crippen LogP contribution in [0.2, 0.25) is 0 Å². The Bertz CT molecular complexity index is 886. The standard InChI is InChI=1S/C29H40F3NO3/c1-2-3-4-5-6-7-8-9-10-11-14-20-35-21-22-36-28(34)26-18-12-13-19-27(26)33-25-17-15-16-24(23-25)29(30,31)32/h12-13,15-19,23,33H,2-11,14,20-22H2,1H3. The number of carbonyl (C=O) groups excluding carboxylic acids is 1. The Labute approximate surface area is 213 Å². The Morgan fingerprint density at radius 1 is 0.778 bits per heavy atom. The lowest BCUT2D eigenvalue weighted by atomic mass is 10.1. The zero-order valence-electron chi connectivity index (χ0n) is 21.4. The van der Waals surface area contributed by atoms with Crippen molar-refractivity contribution in [2.24, 2.45) is 0 Å². The first-order valence-electron chi connectivity index (χ1n) is 13.2. The van der Waals surface area contributed by atoms with E-state index in [0.717, 1.165) is 25.0 Å². The number of alkyl halides is 3. The highest BCUT2D eigenvalue weighted by atomic mass is 19.4. The molecule has 0 saturated heterocycles. The minimum atomic E-state index is -4.44. The lowest BCUT2D eigenvalue weighted by Crippen LogP contribution is -2.13. The normalized spacial score (nSPS) is 11.4. The van der Waals surface area contributed by atoms with Crippen LogP contribution in [0.25, 0.3) is 0 Å². The van der Waals surface area contributed by atoms with E-state index in [-0.39, 0.29) is 17.9 Å². The van der Waals surface area contributed by atoms with Crippen LogP contribution in [-0.4, -0.2) is 25.8 Å². The van der Waals surface area contributed by atoms with Crippen molar-refractivity contribution in [1.82, 2.24) is 0 Å². The lowest BCUT2D eigenvalue weighted by molar-refractivity contribution is -0.137. The van der Waals surface area contributed by atoms with Crippen molar-refractivity contribution >= 4 is 17.3 Å². The van der Waals surface area contributed by atoms with Crippen LogP contribution in [0.1, 0.15) is 93.5 Å². The number of anilines is 2. The Hall–Kier alpha value is -2.54. The molecule has 200 valence electrons. The molecule has 7 heteroatoms. The number of benzene rings is 2. The molecule has 0 fully saturated rings. The number of carbonyl (C=O) groups is 1. The predicted octanol–water partition coefficient (Wildman–Crippen LogP) is 8.93. The number of halogens is 3. The molecule has 0 unspecified atom stereocenters. The van der Waals surface area contributed by atoms with Crippen molar-refractivity contribution in [1.29, 1.82) is 0 Å². The van der Waals surface area contributed by atoms with Crippen molar-refractivity contribution in [3.05, 3.63) is 59.7 Å². The minimum absolute atomic E-state index is 0.120. The van der Waals surface area contributed by atoms with E-state index in [1.54, 1.807) is 24.3 Å². The molecule has 0 amide bonds. The van der Waals surface area contributed by atoms with Gasteiger partial charge in [0.15, 0.2) is 0 Å². The highest BCUT2D eigenvalue weighted by molar-refractivity contribution is 5.96. The Morgan fingerprint density at radius 2 is 1.42 bits per heavy atom. The predicted molar refractivity (Wildman–Crippen MR) is 139 cm³/mol. The highest BCUT2D eigenvalue weighted by Gasteiger charge is 2.30. The molecule has 1 N–H and O–H groups in total. The van der Waals surface area contributed by atoms with Gasteiger partial charge in [0, 0.05) is 12.3 Å². The quantitative estimate of drug-likeness (QED) is 0.162. The van der Waals surface area contributed by atoms with Gasteiger partial charge in [0.05, 0.1) is 23.4 Å². The van der Waals surface area contributed by atoms with E-state index in [4.69, 9.17) is 9.47 Å². The molecule has 0 saturated carbocycles. The maximum Gasteiger partial charge on any atom is 0.416 e. The number of nitrogens with one attached hydrogen (secondary N) is 1. The van der Waals surface area contributed by atoms with Crippen LogP contribution in [0.5, 0.6) is 0 Å². The summed E-state index contributed by atoms with van der Waals surface area (Å²) in [5.74, 6) is -0.552. The van der Waals surface area contributed by atoms with Crippen molar-refractivity contribution < 1.29 is 27.4 Å². The van der Waals surface area contributed by atoms with Gasteiger partial charge < -0.3 is 14.8 Å². The molecule has 0 heterocycles. The zero-order chi connectivity index (χ0) is 26.1. The average molecular weight is 508 g/mol. The summed E-state index contributed by atoms with van der Waals surface area (Å²) in [5, 5.41) is 2.89. The molecular weight excluding hydrogens is 467 g/mol. The number of esters is 1. The molecule has 0 bridgehead atoms. The van der Waals surface area contributed by atoms with Crippen LogP contribution in [0.4, 0.5) is 24.5 Å². The van der Waals surface area contributed by atoms with Crippen LogP contribution in [0.15, 0.2) is 48.5 Å². The van der Waals surface area contributed by atoms with Crippen LogP contribution in [-0.2, 0) is 15.7 Å². The largest absolute Gasteiger partial charge is 0.460 e. The fourth-order valence-corrected chi connectivity index (χ4v) is 3.94. The van der Waals surface area contributed by atoms with Gasteiger partial charge in [-0.05, 0) is 36.8 Å². The van der Waals surface area contributed by atoms with Crippen LogP contribution >= 0.6 is 0 Å². The molecule has 2 aromatic rings. The molecular formula is C29H40F3NO3. The number of unbranched alkanes of at least 4 members (excludes halogenated alkanes) is 10. The molecule has 0 radical (unpaired) electrons. The summed E-state index contributed by atoms with van der Waals surface area (Å²) in [7, 11) is 0. The van der Waals surface area contributed by atoms with Crippen molar-refractivity contribution in [3.8, 4) is 0 Å². The number of ether oxygens (including phenoxy) is 2. The van der Waals surface area contributed by atoms with Crippen LogP contribution < -0.4 is 5.32 Å². The molecule has 2 aromatic carbocycles. The second-order valence-electron chi connectivity index (χ2n) is 9.03. The highest BCUT2D eigenvalue weighted by Crippen LogP contribution is 2.32. The van der Waals surface area contributed by atoms with Gasteiger partial charge in [-0.2, -0.15) is 13.2 Å². The van der Waals surface area contributed by atoms with E-state index < -0.39 is 17.7 Å². The monoisotopic (exact) mass is 507 g/mol. The maximum absolute atomic E-state index is 13.0. The van der Waals surface area contributed by atoms with E-state index in [2.05, 4.69) is 12.2 Å². The summed E-state index contributed by atoms with van der Waals surface area (Å²) in [6, 6.07) is 11.4. The molecule has 0 aliphatic carbocycles. The summed E-state index contributed by atoms with van der Waals surface area (Å²) in [6.45, 7) is 3.31. The maximum atomic E-state index is 13.0. The average Bonchev–Trinajstić information content (AvgIpc) is 2.86. The fraction of sp³-hybridized carbons (Fsp3) is 0.552. The van der Waals surface area contributed by atoms with Crippen molar-refractivity contribution in [2.75, 3.05) is 25.1 Å². The summed E-state index contributed by atoms with van der Waals surface area (Å²) >= 11 is 0. The first-order valence-corrected chi connectivity index (χ1v) is 13.2. The smallest absolute Gasteiger partial charge is 0.416 e. The Kier molecular flexibility index (Phi) is 14.0. The second-order valence-corrected chi connectivity index (χ2v) is 9.03. The number of para-hydroxylation sites is 1. The van der Waals surface area contributed by atoms with Gasteiger partial charge in [-0.15, -0.1) is 0 Å². The first-order chi connectivity index (χ1) is 17.4. The summed E-state index contributed by atoms with van der Waals surface area (Å²) in [5.41, 5.74) is 0.104. The lowest BCUT2D eigenvalue weighted by Gasteiger charge is -2.13. The Balaban J connectivity index is 1.61. The SMILES string of the molecule is CCCCCCCCCCCCCOCCOC(=O)c1ccccc1Nc1cccc(C(F)(F)F)c1. The molecule has 36 heavy (non-hydrogen) atoms. The summed E-state index contributed by atoms with van der Waals surface area (Å²) < 4.78 is 49.8. The first kappa shape index (κ1) is 29.7. The minimum Gasteiger partial charge on any atom is -0.460 e. The molecule has 0 spiro atoms. The summed E-state index contributed by atoms with van der Waals surface area (Å²) in [6.07, 6.45) is 9.58. The molecule has 0 aliphatic rings. The van der Waals surface area contributed by atoms with Crippen molar-refractivity contribution in [2.45, 2.75) is 83.7 Å². The van der Waals surface area contributed by atoms with Crippen LogP contribution in [0, 0.1) is 0 Å². The van der Waals surface area contributed by atoms with Gasteiger partial charge >= 0.3 is 12.1 Å². The topological polar surface area (TPSA) is 47.6 Å². The van der Waals surface area contributed by atoms with Gasteiger partial charge in [0.2, 0.25) is 0 Å². The fourth-order valence-electron chi connectivity index (χ4n) is 3.94. The van der Waals surface area contributed by atoms with E-state index in [1.807, 2.05) is 0 Å². The van der Waals surface area contributed by atoms with Gasteiger partial charge in [-0.1, -0.05) is 89.3 Å². The third kappa shape index (κ3) is 11.9. The van der Waals surface area contributed by atoms with Gasteiger partial charge in [0.25, 0.3) is 0 Å². The molecule has 0 aromatic heterocycles. The van der Waals surface area contributed by atoms with Gasteiger partial charge in [-0.25, -0.2) is 4.79 Å². The molecule has 4 nitrogen and oxygen atoms in total. The van der Waals surface area contributed by atoms with Crippen LogP contribution in [0.3, 0.4) is 0 Å². The van der Waals surface area contributed by atoms with E-state index >= 15 is 0 Å². The second kappa shape index (κ2) is 17.0. The van der Waals surface area contributed by atoms with Crippen molar-refractivity contribution in [3.63, 3.8) is 0 Å². The third-order valence-electron chi connectivity index (χ3n) is 5.97. The van der Waals surface area contributed by atoms with E-state index in [0.29, 0.717) is 18.9 Å². The van der Waals surface area contributed by atoms with Gasteiger partial charge in [-0.3, -0.25) is 0 Å². The molecule has 0 aliphatic heterocycles. The number of hydrogen-bond donors (Lipinski definition) is 1. The third-order valence-corrected chi connectivity index (χ3v) is 5.97. The summed E-state index contributed by atoms with van der Waals surface area (Å²) in [4.78, 5) is 12.5. The zero-order valence-corrected chi connectivity index (χ0v) is 21.4. The molecule has 0 atom stereocenters. The molecule has 2 rings (SSSR count).